The second kappa shape index (κ2) is 8.31. The summed E-state index contributed by atoms with van der Waals surface area (Å²) in [6.07, 6.45) is 3.78. The largest absolute Gasteiger partial charge is 0.497 e. The van der Waals surface area contributed by atoms with Gasteiger partial charge in [-0.05, 0) is 24.1 Å². The minimum absolute atomic E-state index is 0.0264. The average Bonchev–Trinajstić information content (AvgIpc) is 3.27. The summed E-state index contributed by atoms with van der Waals surface area (Å²) in [5, 5.41) is 5.22. The lowest BCUT2D eigenvalue weighted by molar-refractivity contribution is -0.129. The van der Waals surface area contributed by atoms with E-state index >= 15 is 0 Å². The molecule has 2 amide bonds. The van der Waals surface area contributed by atoms with Gasteiger partial charge in [-0.3, -0.25) is 9.59 Å². The average molecular weight is 373 g/mol. The number of nitrogens with one attached hydrogen (secondary N) is 1. The van der Waals surface area contributed by atoms with Crippen molar-refractivity contribution in [3.63, 3.8) is 0 Å². The Bertz CT molecular complexity index is 746. The summed E-state index contributed by atoms with van der Waals surface area (Å²) in [6, 6.07) is 7.34. The van der Waals surface area contributed by atoms with Crippen LogP contribution >= 0.6 is 11.3 Å². The Morgan fingerprint density at radius 1 is 1.38 bits per heavy atom. The fourth-order valence-electron chi connectivity index (χ4n) is 3.31. The number of nitrogens with zero attached hydrogens (tertiary/aromatic N) is 2. The van der Waals surface area contributed by atoms with Gasteiger partial charge in [0.1, 0.15) is 5.75 Å². The Labute approximate surface area is 157 Å². The van der Waals surface area contributed by atoms with Crippen LogP contribution in [0, 0.1) is 5.92 Å². The van der Waals surface area contributed by atoms with Crippen LogP contribution < -0.4 is 10.1 Å². The first-order valence-corrected chi connectivity index (χ1v) is 9.65. The van der Waals surface area contributed by atoms with E-state index in [0.717, 1.165) is 24.2 Å². The Morgan fingerprint density at radius 2 is 2.15 bits per heavy atom. The van der Waals surface area contributed by atoms with Crippen LogP contribution in [0.15, 0.2) is 35.8 Å². The molecule has 6 nitrogen and oxygen atoms in total. The third kappa shape index (κ3) is 3.88. The monoisotopic (exact) mass is 373 g/mol. The number of carbonyl (C=O) groups excluding carboxylic acids is 2. The molecule has 1 aromatic carbocycles. The lowest BCUT2D eigenvalue weighted by Crippen LogP contribution is -2.33. The van der Waals surface area contributed by atoms with E-state index in [2.05, 4.69) is 17.2 Å². The molecule has 1 saturated heterocycles. The Hall–Kier alpha value is -2.41. The zero-order valence-corrected chi connectivity index (χ0v) is 15.8. The van der Waals surface area contributed by atoms with E-state index in [0.29, 0.717) is 11.7 Å². The summed E-state index contributed by atoms with van der Waals surface area (Å²) in [4.78, 5) is 31.4. The highest BCUT2D eigenvalue weighted by Crippen LogP contribution is 2.39. The molecule has 1 fully saturated rings. The first-order valence-electron chi connectivity index (χ1n) is 8.77. The molecule has 0 bridgehead atoms. The van der Waals surface area contributed by atoms with Crippen LogP contribution in [0.25, 0.3) is 0 Å². The number of thiazole rings is 1. The maximum Gasteiger partial charge on any atom is 0.232 e. The van der Waals surface area contributed by atoms with E-state index in [1.54, 1.807) is 13.3 Å². The van der Waals surface area contributed by atoms with E-state index in [1.807, 2.05) is 34.5 Å². The number of hydrogen-bond acceptors (Lipinski definition) is 5. The van der Waals surface area contributed by atoms with Crippen LogP contribution in [-0.2, 0) is 9.59 Å². The molecule has 26 heavy (non-hydrogen) atoms. The molecule has 1 N–H and O–H groups in total. The predicted octanol–water partition coefficient (Wildman–Crippen LogP) is 3.48. The molecule has 2 atom stereocenters. The second-order valence-corrected chi connectivity index (χ2v) is 7.19. The van der Waals surface area contributed by atoms with E-state index in [4.69, 9.17) is 4.74 Å². The molecule has 0 aliphatic carbocycles. The number of rotatable bonds is 7. The SMILES string of the molecule is CCCCN1C(=O)C[C@H](C(=O)Nc2nccs2)[C@H]1c1ccc(OC)cc1. The summed E-state index contributed by atoms with van der Waals surface area (Å²) < 4.78 is 5.22. The number of unbranched alkanes of at least 4 members (excludes halogenated alkanes) is 1. The lowest BCUT2D eigenvalue weighted by atomic mass is 9.92. The van der Waals surface area contributed by atoms with Crippen LogP contribution in [-0.4, -0.2) is 35.4 Å². The minimum atomic E-state index is -0.434. The van der Waals surface area contributed by atoms with E-state index in [-0.39, 0.29) is 24.3 Å². The number of amides is 2. The number of methoxy groups -OCH3 is 1. The molecule has 138 valence electrons. The van der Waals surface area contributed by atoms with Crippen molar-refractivity contribution in [2.75, 3.05) is 19.0 Å². The fourth-order valence-corrected chi connectivity index (χ4v) is 3.85. The van der Waals surface area contributed by atoms with Gasteiger partial charge in [0.25, 0.3) is 0 Å². The quantitative estimate of drug-likeness (QED) is 0.806. The topological polar surface area (TPSA) is 71.5 Å². The molecular formula is C19H23N3O3S. The highest BCUT2D eigenvalue weighted by molar-refractivity contribution is 7.13. The fraction of sp³-hybridized carbons (Fsp3) is 0.421. The van der Waals surface area contributed by atoms with Gasteiger partial charge in [-0.15, -0.1) is 11.3 Å². The Balaban J connectivity index is 1.87. The number of benzene rings is 1. The van der Waals surface area contributed by atoms with Gasteiger partial charge in [0.2, 0.25) is 11.8 Å². The molecule has 1 aliphatic heterocycles. The predicted molar refractivity (Wildman–Crippen MR) is 101 cm³/mol. The Kier molecular flexibility index (Phi) is 5.88. The lowest BCUT2D eigenvalue weighted by Gasteiger charge is -2.28. The van der Waals surface area contributed by atoms with Crippen molar-refractivity contribution in [3.05, 3.63) is 41.4 Å². The third-order valence-corrected chi connectivity index (χ3v) is 5.33. The molecule has 2 heterocycles. The summed E-state index contributed by atoms with van der Waals surface area (Å²) >= 11 is 1.37. The number of hydrogen-bond donors (Lipinski definition) is 1. The second-order valence-electron chi connectivity index (χ2n) is 6.30. The summed E-state index contributed by atoms with van der Waals surface area (Å²) in [6.45, 7) is 2.75. The van der Waals surface area contributed by atoms with Gasteiger partial charge in [-0.2, -0.15) is 0 Å². The van der Waals surface area contributed by atoms with Crippen molar-refractivity contribution >= 4 is 28.3 Å². The maximum absolute atomic E-state index is 12.8. The number of aromatic nitrogens is 1. The highest BCUT2D eigenvalue weighted by atomic mass is 32.1. The first kappa shape index (κ1) is 18.4. The van der Waals surface area contributed by atoms with Gasteiger partial charge >= 0.3 is 0 Å². The third-order valence-electron chi connectivity index (χ3n) is 4.64. The van der Waals surface area contributed by atoms with Gasteiger partial charge in [0, 0.05) is 24.5 Å². The van der Waals surface area contributed by atoms with Crippen molar-refractivity contribution < 1.29 is 14.3 Å². The first-order chi connectivity index (χ1) is 12.6. The molecule has 0 saturated carbocycles. The van der Waals surface area contributed by atoms with Crippen LogP contribution in [0.5, 0.6) is 5.75 Å². The van der Waals surface area contributed by atoms with E-state index < -0.39 is 5.92 Å². The summed E-state index contributed by atoms with van der Waals surface area (Å²) in [7, 11) is 1.62. The van der Waals surface area contributed by atoms with Gasteiger partial charge in [-0.25, -0.2) is 4.98 Å². The van der Waals surface area contributed by atoms with Crippen molar-refractivity contribution in [1.29, 1.82) is 0 Å². The number of ether oxygens (including phenoxy) is 1. The Morgan fingerprint density at radius 3 is 2.77 bits per heavy atom. The molecule has 0 spiro atoms. The molecule has 3 rings (SSSR count). The van der Waals surface area contributed by atoms with Crippen molar-refractivity contribution in [1.82, 2.24) is 9.88 Å². The van der Waals surface area contributed by atoms with Crippen LogP contribution in [0.4, 0.5) is 5.13 Å². The molecule has 1 aromatic heterocycles. The van der Waals surface area contributed by atoms with E-state index in [1.165, 1.54) is 11.3 Å². The summed E-state index contributed by atoms with van der Waals surface area (Å²) in [5.41, 5.74) is 0.951. The van der Waals surface area contributed by atoms with Gasteiger partial charge in [-0.1, -0.05) is 25.5 Å². The molecule has 1 aliphatic rings. The minimum Gasteiger partial charge on any atom is -0.497 e. The summed E-state index contributed by atoms with van der Waals surface area (Å²) in [5.74, 6) is 0.185. The van der Waals surface area contributed by atoms with Crippen LogP contribution in [0.3, 0.4) is 0 Å². The van der Waals surface area contributed by atoms with Crippen molar-refractivity contribution in [3.8, 4) is 5.75 Å². The molecular weight excluding hydrogens is 350 g/mol. The standard InChI is InChI=1S/C19H23N3O3S/c1-3-4-10-22-16(23)12-15(18(24)21-19-20-9-11-26-19)17(22)13-5-7-14(25-2)8-6-13/h5-9,11,15,17H,3-4,10,12H2,1-2H3,(H,20,21,24)/t15-,17+/m0/s1. The normalized spacial score (nSPS) is 19.6. The van der Waals surface area contributed by atoms with Gasteiger partial charge < -0.3 is 15.0 Å². The number of carbonyl (C=O) groups is 2. The smallest absolute Gasteiger partial charge is 0.232 e. The van der Waals surface area contributed by atoms with Gasteiger partial charge in [0.15, 0.2) is 5.13 Å². The molecule has 0 unspecified atom stereocenters. The van der Waals surface area contributed by atoms with Crippen molar-refractivity contribution in [2.24, 2.45) is 5.92 Å². The number of anilines is 1. The molecule has 2 aromatic rings. The van der Waals surface area contributed by atoms with Gasteiger partial charge in [0.05, 0.1) is 19.1 Å². The number of likely N-dealkylation sites (tertiary alicyclic amines) is 1. The van der Waals surface area contributed by atoms with E-state index in [9.17, 15) is 9.59 Å². The molecule has 0 radical (unpaired) electrons. The zero-order chi connectivity index (χ0) is 18.5. The van der Waals surface area contributed by atoms with Crippen molar-refractivity contribution in [2.45, 2.75) is 32.2 Å². The highest BCUT2D eigenvalue weighted by Gasteiger charge is 2.44. The molecule has 7 heteroatoms. The zero-order valence-electron chi connectivity index (χ0n) is 15.0. The van der Waals surface area contributed by atoms with Crippen LogP contribution in [0.2, 0.25) is 0 Å². The van der Waals surface area contributed by atoms with Crippen LogP contribution in [0.1, 0.15) is 37.8 Å². The maximum atomic E-state index is 12.8.